The Hall–Kier alpha value is -1.88. The lowest BCUT2D eigenvalue weighted by Crippen LogP contribution is -3.00. The summed E-state index contributed by atoms with van der Waals surface area (Å²) in [7, 11) is 0. The van der Waals surface area contributed by atoms with E-state index in [0.717, 1.165) is 5.69 Å². The van der Waals surface area contributed by atoms with Gasteiger partial charge >= 0.3 is 0 Å². The van der Waals surface area contributed by atoms with Gasteiger partial charge in [-0.15, -0.1) is 0 Å². The smallest absolute Gasteiger partial charge is 0.148 e. The highest BCUT2D eigenvalue weighted by atomic mass is 35.5. The van der Waals surface area contributed by atoms with Gasteiger partial charge < -0.3 is 27.7 Å². The molecule has 144 valence electrons. The van der Waals surface area contributed by atoms with Crippen molar-refractivity contribution in [1.29, 1.82) is 0 Å². The molecule has 0 amide bonds. The van der Waals surface area contributed by atoms with E-state index >= 15 is 0 Å². The first-order valence-corrected chi connectivity index (χ1v) is 9.66. The summed E-state index contributed by atoms with van der Waals surface area (Å²) in [4.78, 5) is 5.48. The van der Waals surface area contributed by atoms with Crippen LogP contribution in [0.3, 0.4) is 0 Å². The van der Waals surface area contributed by atoms with Crippen LogP contribution in [-0.4, -0.2) is 30.1 Å². The van der Waals surface area contributed by atoms with Crippen LogP contribution < -0.4 is 17.7 Å². The van der Waals surface area contributed by atoms with Crippen molar-refractivity contribution in [2.24, 2.45) is 17.0 Å². The highest BCUT2D eigenvalue weighted by Gasteiger charge is 2.38. The number of rotatable bonds is 9. The quantitative estimate of drug-likeness (QED) is 0.365. The second-order valence-corrected chi connectivity index (χ2v) is 7.41. The fraction of sp³-hybridized carbons (Fsp3) is 0.409. The number of benzene rings is 2. The summed E-state index contributed by atoms with van der Waals surface area (Å²) in [5, 5.41) is 16.7. The summed E-state index contributed by atoms with van der Waals surface area (Å²) in [6.45, 7) is 0.814. The van der Waals surface area contributed by atoms with Gasteiger partial charge in [-0.3, -0.25) is 0 Å². The van der Waals surface area contributed by atoms with E-state index in [1.54, 1.807) is 0 Å². The molecule has 2 aliphatic rings. The predicted octanol–water partition coefficient (Wildman–Crippen LogP) is 0.106. The Morgan fingerprint density at radius 2 is 1.63 bits per heavy atom. The molecular formula is C22H27ClN2O2. The molecule has 5 heteroatoms. The molecule has 0 aromatic heterocycles. The fourth-order valence-corrected chi connectivity index (χ4v) is 3.33. The van der Waals surface area contributed by atoms with Crippen LogP contribution in [0.1, 0.15) is 25.7 Å². The maximum absolute atomic E-state index is 10.3. The van der Waals surface area contributed by atoms with Gasteiger partial charge in [0.2, 0.25) is 0 Å². The molecular weight excluding hydrogens is 360 g/mol. The minimum absolute atomic E-state index is 0. The lowest BCUT2D eigenvalue weighted by Gasteiger charge is -2.11. The molecule has 2 aromatic carbocycles. The third kappa shape index (κ3) is 5.55. The van der Waals surface area contributed by atoms with Crippen LogP contribution in [0.2, 0.25) is 0 Å². The average Bonchev–Trinajstić information content (AvgIpc) is 3.58. The monoisotopic (exact) mass is 386 g/mol. The van der Waals surface area contributed by atoms with Gasteiger partial charge in [-0.25, -0.2) is 0 Å². The molecule has 3 N–H and O–H groups in total. The van der Waals surface area contributed by atoms with Crippen LogP contribution in [0.5, 0.6) is 0 Å². The Labute approximate surface area is 167 Å². The highest BCUT2D eigenvalue weighted by Crippen LogP contribution is 2.42. The first-order chi connectivity index (χ1) is 12.8. The van der Waals surface area contributed by atoms with E-state index in [-0.39, 0.29) is 19.0 Å². The van der Waals surface area contributed by atoms with Crippen LogP contribution in [0.4, 0.5) is 5.69 Å². The third-order valence-electron chi connectivity index (χ3n) is 5.08. The molecule has 4 rings (SSSR count). The molecule has 0 saturated heterocycles. The van der Waals surface area contributed by atoms with E-state index in [1.807, 2.05) is 30.3 Å². The molecule has 0 spiro atoms. The van der Waals surface area contributed by atoms with E-state index in [4.69, 9.17) is 4.84 Å². The largest absolute Gasteiger partial charge is 1.00 e. The van der Waals surface area contributed by atoms with Crippen LogP contribution in [0, 0.1) is 11.8 Å². The summed E-state index contributed by atoms with van der Waals surface area (Å²) in [5.74, 6) is 1.31. The first-order valence-electron chi connectivity index (χ1n) is 9.66. The predicted molar refractivity (Wildman–Crippen MR) is 103 cm³/mol. The van der Waals surface area contributed by atoms with E-state index in [0.29, 0.717) is 18.4 Å². The number of aliphatic hydroxyl groups excluding tert-OH is 1. The van der Waals surface area contributed by atoms with E-state index < -0.39 is 6.10 Å². The molecule has 0 radical (unpaired) electrons. The van der Waals surface area contributed by atoms with Gasteiger partial charge in [0.1, 0.15) is 24.9 Å². The van der Waals surface area contributed by atoms with Crippen LogP contribution in [0.15, 0.2) is 59.8 Å². The van der Waals surface area contributed by atoms with Crippen molar-refractivity contribution in [1.82, 2.24) is 0 Å². The van der Waals surface area contributed by atoms with Crippen molar-refractivity contribution < 1.29 is 27.7 Å². The second-order valence-electron chi connectivity index (χ2n) is 7.41. The normalized spacial score (nSPS) is 16.9. The van der Waals surface area contributed by atoms with Gasteiger partial charge in [-0.1, -0.05) is 47.6 Å². The zero-order chi connectivity index (χ0) is 17.8. The average molecular weight is 387 g/mol. The SMILES string of the molecule is OC(C[NH2+]c1ccccc1-c1ccccc1)CON=C(C1CC1)C1CC1.[Cl-]. The summed E-state index contributed by atoms with van der Waals surface area (Å²) in [5.41, 5.74) is 4.76. The van der Waals surface area contributed by atoms with E-state index in [2.05, 4.69) is 34.7 Å². The van der Waals surface area contributed by atoms with Gasteiger partial charge in [0.15, 0.2) is 0 Å². The molecule has 2 saturated carbocycles. The zero-order valence-electron chi connectivity index (χ0n) is 15.4. The van der Waals surface area contributed by atoms with Gasteiger partial charge in [0.05, 0.1) is 5.71 Å². The van der Waals surface area contributed by atoms with Crippen molar-refractivity contribution in [2.75, 3.05) is 13.2 Å². The van der Waals surface area contributed by atoms with Gasteiger partial charge in [0, 0.05) is 17.4 Å². The van der Waals surface area contributed by atoms with E-state index in [9.17, 15) is 5.11 Å². The Morgan fingerprint density at radius 3 is 2.30 bits per heavy atom. The minimum atomic E-state index is -0.540. The minimum Gasteiger partial charge on any atom is -1.00 e. The lowest BCUT2D eigenvalue weighted by atomic mass is 10.0. The summed E-state index contributed by atoms with van der Waals surface area (Å²) >= 11 is 0. The molecule has 2 aromatic rings. The second kappa shape index (κ2) is 9.36. The van der Waals surface area contributed by atoms with Crippen LogP contribution in [0.25, 0.3) is 11.1 Å². The van der Waals surface area contributed by atoms with Crippen molar-refractivity contribution in [3.8, 4) is 11.1 Å². The van der Waals surface area contributed by atoms with Crippen molar-refractivity contribution in [3.63, 3.8) is 0 Å². The van der Waals surface area contributed by atoms with Crippen molar-refractivity contribution >= 4 is 11.4 Å². The molecule has 0 bridgehead atoms. The first kappa shape index (κ1) is 19.9. The van der Waals surface area contributed by atoms with Crippen molar-refractivity contribution in [2.45, 2.75) is 31.8 Å². The molecule has 0 heterocycles. The number of hydrogen-bond donors (Lipinski definition) is 2. The highest BCUT2D eigenvalue weighted by molar-refractivity contribution is 5.92. The lowest BCUT2D eigenvalue weighted by molar-refractivity contribution is -0.579. The summed E-state index contributed by atoms with van der Waals surface area (Å²) < 4.78 is 0. The molecule has 0 aliphatic heterocycles. The molecule has 1 atom stereocenters. The molecule has 27 heavy (non-hydrogen) atoms. The Morgan fingerprint density at radius 1 is 1.00 bits per heavy atom. The topological polar surface area (TPSA) is 58.4 Å². The number of para-hydroxylation sites is 1. The van der Waals surface area contributed by atoms with Crippen molar-refractivity contribution in [3.05, 3.63) is 54.6 Å². The number of halogens is 1. The zero-order valence-corrected chi connectivity index (χ0v) is 16.2. The Balaban J connectivity index is 0.00000210. The Kier molecular flexibility index (Phi) is 6.89. The molecule has 4 nitrogen and oxygen atoms in total. The number of hydrogen-bond acceptors (Lipinski definition) is 3. The van der Waals surface area contributed by atoms with Gasteiger partial charge in [-0.2, -0.15) is 0 Å². The molecule has 2 fully saturated rings. The number of nitrogens with zero attached hydrogens (tertiary/aromatic N) is 1. The summed E-state index contributed by atoms with van der Waals surface area (Å²) in [6, 6.07) is 18.6. The van der Waals surface area contributed by atoms with Crippen LogP contribution >= 0.6 is 0 Å². The number of aliphatic hydroxyl groups is 1. The maximum atomic E-state index is 10.3. The molecule has 1 unspecified atom stereocenters. The molecule has 2 aliphatic carbocycles. The van der Waals surface area contributed by atoms with Crippen LogP contribution in [-0.2, 0) is 4.84 Å². The maximum Gasteiger partial charge on any atom is 0.148 e. The van der Waals surface area contributed by atoms with Gasteiger partial charge in [0.25, 0.3) is 0 Å². The number of nitrogens with two attached hydrogens (primary N) is 1. The van der Waals surface area contributed by atoms with Gasteiger partial charge in [-0.05, 0) is 43.4 Å². The Bertz CT molecular complexity index is 744. The number of oxime groups is 1. The fourth-order valence-electron chi connectivity index (χ4n) is 3.33. The third-order valence-corrected chi connectivity index (χ3v) is 5.08. The standard InChI is InChI=1S/C22H26N2O2.ClH/c25-19(15-26-24-22(17-10-11-17)18-12-13-18)14-23-21-9-5-4-8-20(21)16-6-2-1-3-7-16;/h1-9,17-19,23,25H,10-15H2;1H. The summed E-state index contributed by atoms with van der Waals surface area (Å²) in [6.07, 6.45) is 4.48. The number of quaternary nitrogens is 1. The van der Waals surface area contributed by atoms with E-state index in [1.165, 1.54) is 42.5 Å².